The number of benzene rings is 1. The maximum atomic E-state index is 11.4. The molecule has 0 unspecified atom stereocenters. The van der Waals surface area contributed by atoms with E-state index in [-0.39, 0.29) is 5.75 Å². The summed E-state index contributed by atoms with van der Waals surface area (Å²) in [6.45, 7) is 0. The summed E-state index contributed by atoms with van der Waals surface area (Å²) in [4.78, 5) is 0. The summed E-state index contributed by atoms with van der Waals surface area (Å²) >= 11 is 0. The van der Waals surface area contributed by atoms with Gasteiger partial charge in [-0.15, -0.1) is 0 Å². The van der Waals surface area contributed by atoms with Gasteiger partial charge in [0.25, 0.3) is 0 Å². The second-order valence-corrected chi connectivity index (χ2v) is 3.18. The van der Waals surface area contributed by atoms with Crippen LogP contribution in [0.3, 0.4) is 0 Å². The summed E-state index contributed by atoms with van der Waals surface area (Å²) in [5.74, 6) is 0.818. The Morgan fingerprint density at radius 1 is 1.31 bits per heavy atom. The fourth-order valence-electron chi connectivity index (χ4n) is 1.79. The maximum absolute atomic E-state index is 11.4. The number of para-hydroxylation sites is 1. The van der Waals surface area contributed by atoms with Crippen LogP contribution < -0.4 is 0 Å². The van der Waals surface area contributed by atoms with Gasteiger partial charge in [0.1, 0.15) is 5.76 Å². The van der Waals surface area contributed by atoms with Crippen molar-refractivity contribution in [2.24, 2.45) is 0 Å². The molecule has 2 nitrogen and oxygen atoms in total. The maximum Gasteiger partial charge on any atom is 0.221 e. The molecular weight excluding hydrogens is 164 g/mol. The van der Waals surface area contributed by atoms with Crippen LogP contribution in [-0.4, -0.2) is 0 Å². The molecule has 1 heterocycles. The standard InChI is InChI=1S/C11H7O2/c12-9-5-1-4-8-7-3-2-6-10(7)13-11(8)9/h1-2,4-6H,3H2. The minimum atomic E-state index is -0.0275. The molecule has 2 aromatic rings. The molecule has 0 saturated carbocycles. The van der Waals surface area contributed by atoms with E-state index in [1.54, 1.807) is 6.07 Å². The van der Waals surface area contributed by atoms with Crippen LogP contribution in [0.25, 0.3) is 17.0 Å². The number of fused-ring (bicyclic) bond motifs is 3. The number of hydrogen-bond acceptors (Lipinski definition) is 1. The van der Waals surface area contributed by atoms with Crippen molar-refractivity contribution >= 4 is 17.0 Å². The minimum Gasteiger partial charge on any atom is -0.452 e. The summed E-state index contributed by atoms with van der Waals surface area (Å²) in [5.41, 5.74) is 1.64. The molecule has 0 N–H and O–H groups in total. The molecule has 13 heavy (non-hydrogen) atoms. The van der Waals surface area contributed by atoms with Crippen LogP contribution >= 0.6 is 0 Å². The quantitative estimate of drug-likeness (QED) is 0.599. The molecule has 2 heteroatoms. The topological polar surface area (TPSA) is 33.0 Å². The largest absolute Gasteiger partial charge is 0.452 e. The number of hydrogen-bond donors (Lipinski definition) is 0. The van der Waals surface area contributed by atoms with Gasteiger partial charge in [0.15, 0.2) is 5.58 Å². The van der Waals surface area contributed by atoms with E-state index in [1.165, 1.54) is 6.07 Å². The van der Waals surface area contributed by atoms with Gasteiger partial charge >= 0.3 is 0 Å². The highest BCUT2D eigenvalue weighted by atomic mass is 16.4. The normalized spacial score (nSPS) is 13.8. The monoisotopic (exact) mass is 171 g/mol. The van der Waals surface area contributed by atoms with Crippen molar-refractivity contribution < 1.29 is 9.52 Å². The van der Waals surface area contributed by atoms with E-state index in [0.717, 1.165) is 23.1 Å². The van der Waals surface area contributed by atoms with Crippen molar-refractivity contribution in [3.05, 3.63) is 35.6 Å². The van der Waals surface area contributed by atoms with Crippen LogP contribution in [0, 0.1) is 0 Å². The molecule has 3 rings (SSSR count). The Hall–Kier alpha value is -1.70. The van der Waals surface area contributed by atoms with Gasteiger partial charge < -0.3 is 4.42 Å². The lowest BCUT2D eigenvalue weighted by Gasteiger charge is -1.90. The summed E-state index contributed by atoms with van der Waals surface area (Å²) in [6.07, 6.45) is 4.85. The highest BCUT2D eigenvalue weighted by molar-refractivity contribution is 5.90. The Labute approximate surface area is 75.1 Å². The van der Waals surface area contributed by atoms with Crippen molar-refractivity contribution in [2.45, 2.75) is 6.42 Å². The van der Waals surface area contributed by atoms with E-state index in [4.69, 9.17) is 4.42 Å². The molecule has 1 radical (unpaired) electrons. The van der Waals surface area contributed by atoms with Crippen molar-refractivity contribution in [1.82, 2.24) is 0 Å². The van der Waals surface area contributed by atoms with Crippen molar-refractivity contribution in [3.8, 4) is 5.75 Å². The van der Waals surface area contributed by atoms with E-state index in [9.17, 15) is 5.11 Å². The molecule has 1 aromatic carbocycles. The second-order valence-electron chi connectivity index (χ2n) is 3.18. The Kier molecular flexibility index (Phi) is 1.13. The lowest BCUT2D eigenvalue weighted by atomic mass is 10.1. The summed E-state index contributed by atoms with van der Waals surface area (Å²) < 4.78 is 5.44. The van der Waals surface area contributed by atoms with E-state index in [0.29, 0.717) is 5.58 Å². The average molecular weight is 171 g/mol. The van der Waals surface area contributed by atoms with Crippen LogP contribution in [-0.2, 0) is 11.5 Å². The average Bonchev–Trinajstić information content (AvgIpc) is 2.65. The molecule has 0 fully saturated rings. The fraction of sp³-hybridized carbons (Fsp3) is 0.0909. The Morgan fingerprint density at radius 2 is 2.23 bits per heavy atom. The second kappa shape index (κ2) is 2.16. The van der Waals surface area contributed by atoms with Crippen LogP contribution in [0.15, 0.2) is 28.7 Å². The Morgan fingerprint density at radius 3 is 3.15 bits per heavy atom. The third-order valence-electron chi connectivity index (χ3n) is 2.40. The van der Waals surface area contributed by atoms with E-state index in [2.05, 4.69) is 0 Å². The van der Waals surface area contributed by atoms with Gasteiger partial charge in [-0.25, -0.2) is 0 Å². The zero-order valence-corrected chi connectivity index (χ0v) is 6.91. The first kappa shape index (κ1) is 6.78. The lowest BCUT2D eigenvalue weighted by molar-refractivity contribution is 0.352. The van der Waals surface area contributed by atoms with Gasteiger partial charge in [-0.2, -0.15) is 0 Å². The highest BCUT2D eigenvalue weighted by Gasteiger charge is 2.17. The lowest BCUT2D eigenvalue weighted by Crippen LogP contribution is -1.74. The van der Waals surface area contributed by atoms with Gasteiger partial charge in [0.05, 0.1) is 0 Å². The fourth-order valence-corrected chi connectivity index (χ4v) is 1.79. The predicted octanol–water partition coefficient (Wildman–Crippen LogP) is 3.15. The van der Waals surface area contributed by atoms with Crippen LogP contribution in [0.4, 0.5) is 0 Å². The first-order chi connectivity index (χ1) is 6.36. The number of rotatable bonds is 0. The smallest absolute Gasteiger partial charge is 0.221 e. The molecule has 0 atom stereocenters. The van der Waals surface area contributed by atoms with Crippen molar-refractivity contribution in [3.63, 3.8) is 0 Å². The zero-order chi connectivity index (χ0) is 8.84. The van der Waals surface area contributed by atoms with Gasteiger partial charge in [-0.3, -0.25) is 5.11 Å². The van der Waals surface area contributed by atoms with Crippen LogP contribution in [0.5, 0.6) is 5.75 Å². The number of furan rings is 1. The van der Waals surface area contributed by atoms with Gasteiger partial charge in [-0.1, -0.05) is 18.2 Å². The Bertz CT molecular complexity index is 506. The van der Waals surface area contributed by atoms with Crippen molar-refractivity contribution in [1.29, 1.82) is 0 Å². The molecule has 0 bridgehead atoms. The van der Waals surface area contributed by atoms with Gasteiger partial charge in [-0.05, 0) is 18.6 Å². The van der Waals surface area contributed by atoms with E-state index in [1.807, 2.05) is 18.2 Å². The SMILES string of the molecule is [O]c1cccc2c3c(oc12)C=CC3. The molecule has 1 aromatic heterocycles. The Balaban J connectivity index is 2.49. The van der Waals surface area contributed by atoms with E-state index < -0.39 is 0 Å². The van der Waals surface area contributed by atoms with E-state index >= 15 is 0 Å². The van der Waals surface area contributed by atoms with Gasteiger partial charge in [0.2, 0.25) is 5.75 Å². The molecule has 0 amide bonds. The highest BCUT2D eigenvalue weighted by Crippen LogP contribution is 2.35. The first-order valence-electron chi connectivity index (χ1n) is 4.24. The third-order valence-corrected chi connectivity index (χ3v) is 2.40. The molecule has 1 aliphatic rings. The molecule has 0 saturated heterocycles. The molecule has 1 aliphatic carbocycles. The summed E-state index contributed by atoms with van der Waals surface area (Å²) in [7, 11) is 0. The molecule has 0 spiro atoms. The van der Waals surface area contributed by atoms with Gasteiger partial charge in [0, 0.05) is 10.9 Å². The minimum absolute atomic E-state index is 0.0275. The van der Waals surface area contributed by atoms with Crippen LogP contribution in [0.2, 0.25) is 0 Å². The predicted molar refractivity (Wildman–Crippen MR) is 49.1 cm³/mol. The zero-order valence-electron chi connectivity index (χ0n) is 6.91. The summed E-state index contributed by atoms with van der Waals surface area (Å²) in [5, 5.41) is 12.3. The first-order valence-corrected chi connectivity index (χ1v) is 4.24. The van der Waals surface area contributed by atoms with Crippen LogP contribution in [0.1, 0.15) is 11.3 Å². The molecular formula is C11H7O2. The molecule has 63 valence electrons. The molecule has 0 aliphatic heterocycles. The van der Waals surface area contributed by atoms with Crippen molar-refractivity contribution in [2.75, 3.05) is 0 Å². The summed E-state index contributed by atoms with van der Waals surface area (Å²) in [6, 6.07) is 5.25. The number of allylic oxidation sites excluding steroid dienone is 1. The third kappa shape index (κ3) is 0.773.